The van der Waals surface area contributed by atoms with Crippen molar-refractivity contribution in [1.82, 2.24) is 19.6 Å². The van der Waals surface area contributed by atoms with Gasteiger partial charge in [0, 0.05) is 19.2 Å². The molecule has 2 aliphatic heterocycles. The molecule has 11 heteroatoms. The van der Waals surface area contributed by atoms with Crippen LogP contribution in [0.15, 0.2) is 12.1 Å². The van der Waals surface area contributed by atoms with E-state index >= 15 is 0 Å². The predicted octanol–water partition coefficient (Wildman–Crippen LogP) is 2.54. The maximum absolute atomic E-state index is 12.9. The molecule has 3 aromatic rings. The lowest BCUT2D eigenvalue weighted by molar-refractivity contribution is 0.0986. The SMILES string of the molecule is Cc1cc(-c2nsc3c(N4CCCCS4(=O)=O)cc(N4CCOC[C@H]4C)nc23)[nH]n1. The van der Waals surface area contributed by atoms with Crippen LogP contribution < -0.4 is 9.21 Å². The second-order valence-corrected chi connectivity index (χ2v) is 10.6. The molecule has 5 rings (SSSR count). The number of aromatic nitrogens is 4. The van der Waals surface area contributed by atoms with Crippen LogP contribution in [-0.4, -0.2) is 66.1 Å². The summed E-state index contributed by atoms with van der Waals surface area (Å²) < 4.78 is 38.3. The average molecular weight is 449 g/mol. The molecule has 0 unspecified atom stereocenters. The Hall–Kier alpha value is -2.24. The number of fused-ring (bicyclic) bond motifs is 1. The fraction of sp³-hybridized carbons (Fsp3) is 0.526. The summed E-state index contributed by atoms with van der Waals surface area (Å²) in [5.74, 6) is 0.928. The number of aryl methyl sites for hydroxylation is 1. The lowest BCUT2D eigenvalue weighted by Gasteiger charge is -2.35. The van der Waals surface area contributed by atoms with Gasteiger partial charge in [-0.15, -0.1) is 0 Å². The number of aromatic amines is 1. The van der Waals surface area contributed by atoms with E-state index in [1.807, 2.05) is 19.1 Å². The summed E-state index contributed by atoms with van der Waals surface area (Å²) in [6, 6.07) is 3.99. The zero-order valence-corrected chi connectivity index (χ0v) is 18.6. The maximum Gasteiger partial charge on any atom is 0.235 e. The van der Waals surface area contributed by atoms with Crippen LogP contribution in [0.25, 0.3) is 21.6 Å². The van der Waals surface area contributed by atoms with E-state index in [-0.39, 0.29) is 11.8 Å². The number of hydrogen-bond acceptors (Lipinski definition) is 8. The van der Waals surface area contributed by atoms with Gasteiger partial charge in [-0.25, -0.2) is 13.4 Å². The molecule has 2 aliphatic rings. The molecule has 5 heterocycles. The number of rotatable bonds is 3. The molecule has 0 bridgehead atoms. The first-order valence-electron chi connectivity index (χ1n) is 10.1. The first-order chi connectivity index (χ1) is 14.4. The molecule has 160 valence electrons. The summed E-state index contributed by atoms with van der Waals surface area (Å²) >= 11 is 1.29. The zero-order valence-electron chi connectivity index (χ0n) is 17.0. The van der Waals surface area contributed by atoms with Crippen molar-refractivity contribution in [1.29, 1.82) is 0 Å². The molecule has 0 spiro atoms. The van der Waals surface area contributed by atoms with Crippen LogP contribution in [0.1, 0.15) is 25.5 Å². The minimum Gasteiger partial charge on any atom is -0.377 e. The molecule has 0 aromatic carbocycles. The third-order valence-corrected chi connectivity index (χ3v) is 8.35. The standard InChI is InChI=1S/C19H24N6O3S2/c1-12-9-14(22-21-12)17-18-19(29-23-17)15(25-5-3-4-8-30(25,26)27)10-16(20-18)24-6-7-28-11-13(24)2/h9-10,13H,3-8,11H2,1-2H3,(H,21,22)/t13-/m1/s1. The van der Waals surface area contributed by atoms with Crippen molar-refractivity contribution in [3.05, 3.63) is 17.8 Å². The van der Waals surface area contributed by atoms with E-state index in [0.717, 1.165) is 28.3 Å². The summed E-state index contributed by atoms with van der Waals surface area (Å²) in [6.07, 6.45) is 1.54. The molecule has 30 heavy (non-hydrogen) atoms. The van der Waals surface area contributed by atoms with Crippen LogP contribution in [-0.2, 0) is 14.8 Å². The highest BCUT2D eigenvalue weighted by atomic mass is 32.2. The Labute approximate surface area is 179 Å². The largest absolute Gasteiger partial charge is 0.377 e. The summed E-state index contributed by atoms with van der Waals surface area (Å²) in [5.41, 5.74) is 3.73. The fourth-order valence-electron chi connectivity index (χ4n) is 4.07. The molecule has 0 amide bonds. The van der Waals surface area contributed by atoms with Crippen LogP contribution in [0.2, 0.25) is 0 Å². The van der Waals surface area contributed by atoms with Crippen molar-refractivity contribution in [3.8, 4) is 11.4 Å². The zero-order chi connectivity index (χ0) is 20.9. The van der Waals surface area contributed by atoms with Crippen LogP contribution in [0.4, 0.5) is 11.5 Å². The number of ether oxygens (including phenoxy) is 1. The van der Waals surface area contributed by atoms with Crippen molar-refractivity contribution in [2.75, 3.05) is 41.3 Å². The number of sulfonamides is 1. The normalized spacial score (nSPS) is 22.0. The van der Waals surface area contributed by atoms with Gasteiger partial charge in [0.2, 0.25) is 10.0 Å². The van der Waals surface area contributed by atoms with E-state index < -0.39 is 10.0 Å². The number of H-pyrrole nitrogens is 1. The quantitative estimate of drug-likeness (QED) is 0.656. The molecule has 2 saturated heterocycles. The maximum atomic E-state index is 12.9. The van der Waals surface area contributed by atoms with Crippen LogP contribution in [0.3, 0.4) is 0 Å². The van der Waals surface area contributed by atoms with Crippen LogP contribution in [0.5, 0.6) is 0 Å². The highest BCUT2D eigenvalue weighted by Crippen LogP contribution is 2.40. The summed E-state index contributed by atoms with van der Waals surface area (Å²) in [4.78, 5) is 7.13. The van der Waals surface area contributed by atoms with Crippen molar-refractivity contribution in [3.63, 3.8) is 0 Å². The lowest BCUT2D eigenvalue weighted by Crippen LogP contribution is -2.44. The molecule has 2 fully saturated rings. The number of morpholine rings is 1. The van der Waals surface area contributed by atoms with Crippen molar-refractivity contribution in [2.45, 2.75) is 32.7 Å². The number of nitrogens with zero attached hydrogens (tertiary/aromatic N) is 5. The molecule has 1 N–H and O–H groups in total. The number of pyridine rings is 1. The molecule has 1 atom stereocenters. The second kappa shape index (κ2) is 7.47. The van der Waals surface area contributed by atoms with Gasteiger partial charge in [-0.2, -0.15) is 9.47 Å². The van der Waals surface area contributed by atoms with Gasteiger partial charge in [-0.05, 0) is 44.3 Å². The summed E-state index contributed by atoms with van der Waals surface area (Å²) in [5, 5.41) is 7.23. The van der Waals surface area contributed by atoms with Gasteiger partial charge in [0.1, 0.15) is 17.0 Å². The molecular formula is C19H24N6O3S2. The van der Waals surface area contributed by atoms with E-state index in [4.69, 9.17) is 9.72 Å². The molecular weight excluding hydrogens is 424 g/mol. The molecule has 0 radical (unpaired) electrons. The van der Waals surface area contributed by atoms with Gasteiger partial charge >= 0.3 is 0 Å². The van der Waals surface area contributed by atoms with Gasteiger partial charge in [0.05, 0.1) is 46.8 Å². The third kappa shape index (κ3) is 3.34. The third-order valence-electron chi connectivity index (χ3n) is 5.63. The van der Waals surface area contributed by atoms with E-state index in [1.54, 1.807) is 4.31 Å². The first kappa shape index (κ1) is 19.7. The fourth-order valence-corrected chi connectivity index (χ4v) is 6.63. The monoisotopic (exact) mass is 448 g/mol. The molecule has 9 nitrogen and oxygen atoms in total. The summed E-state index contributed by atoms with van der Waals surface area (Å²) in [7, 11) is -3.36. The predicted molar refractivity (Wildman–Crippen MR) is 118 cm³/mol. The Balaban J connectivity index is 1.72. The Morgan fingerprint density at radius 1 is 1.27 bits per heavy atom. The number of hydrogen-bond donors (Lipinski definition) is 1. The molecule has 3 aromatic heterocycles. The first-order valence-corrected chi connectivity index (χ1v) is 12.5. The topological polar surface area (TPSA) is 104 Å². The Morgan fingerprint density at radius 3 is 2.87 bits per heavy atom. The van der Waals surface area contributed by atoms with Gasteiger partial charge in [0.15, 0.2) is 0 Å². The van der Waals surface area contributed by atoms with Crippen molar-refractivity contribution < 1.29 is 13.2 Å². The van der Waals surface area contributed by atoms with Gasteiger partial charge in [-0.1, -0.05) is 0 Å². The van der Waals surface area contributed by atoms with E-state index in [0.29, 0.717) is 49.6 Å². The van der Waals surface area contributed by atoms with Gasteiger partial charge in [0.25, 0.3) is 0 Å². The minimum absolute atomic E-state index is 0.152. The smallest absolute Gasteiger partial charge is 0.235 e. The Morgan fingerprint density at radius 2 is 2.13 bits per heavy atom. The van der Waals surface area contributed by atoms with Crippen LogP contribution >= 0.6 is 11.5 Å². The van der Waals surface area contributed by atoms with Crippen molar-refractivity contribution >= 4 is 43.3 Å². The van der Waals surface area contributed by atoms with E-state index in [9.17, 15) is 8.42 Å². The van der Waals surface area contributed by atoms with Gasteiger partial charge in [-0.3, -0.25) is 9.40 Å². The second-order valence-electron chi connectivity index (χ2n) is 7.84. The van der Waals surface area contributed by atoms with Crippen LogP contribution in [0, 0.1) is 6.92 Å². The average Bonchev–Trinajstić information content (AvgIpc) is 3.33. The highest BCUT2D eigenvalue weighted by Gasteiger charge is 2.31. The number of nitrogens with one attached hydrogen (secondary N) is 1. The van der Waals surface area contributed by atoms with E-state index in [1.165, 1.54) is 11.5 Å². The highest BCUT2D eigenvalue weighted by molar-refractivity contribution is 7.92. The lowest BCUT2D eigenvalue weighted by atomic mass is 10.2. The Kier molecular flexibility index (Phi) is 4.91. The van der Waals surface area contributed by atoms with Gasteiger partial charge < -0.3 is 9.64 Å². The van der Waals surface area contributed by atoms with Crippen molar-refractivity contribution in [2.24, 2.45) is 0 Å². The number of anilines is 2. The minimum atomic E-state index is -3.36. The van der Waals surface area contributed by atoms with E-state index in [2.05, 4.69) is 26.4 Å². The molecule has 0 saturated carbocycles. The summed E-state index contributed by atoms with van der Waals surface area (Å²) in [6.45, 7) is 6.43. The Bertz CT molecular complexity index is 1190. The molecule has 0 aliphatic carbocycles.